The highest BCUT2D eigenvalue weighted by Crippen LogP contribution is 2.45. The highest BCUT2D eigenvalue weighted by atomic mass is 32.2. The molecule has 2 heterocycles. The first-order chi connectivity index (χ1) is 21.3. The first-order valence-electron chi connectivity index (χ1n) is 13.9. The van der Waals surface area contributed by atoms with Gasteiger partial charge in [-0.2, -0.15) is 0 Å². The number of hydrogen-bond donors (Lipinski definition) is 1. The molecule has 0 saturated carbocycles. The van der Waals surface area contributed by atoms with Crippen molar-refractivity contribution < 1.29 is 33.3 Å². The van der Waals surface area contributed by atoms with E-state index in [1.807, 2.05) is 13.8 Å². The number of halogens is 1. The van der Waals surface area contributed by atoms with E-state index in [0.717, 1.165) is 23.3 Å². The molecule has 1 unspecified atom stereocenters. The zero-order chi connectivity index (χ0) is 31.2. The minimum Gasteiger partial charge on any atom is -0.507 e. The fourth-order valence-corrected chi connectivity index (χ4v) is 6.45. The number of ketones is 1. The summed E-state index contributed by atoms with van der Waals surface area (Å²) in [6.45, 7) is 4.69. The Morgan fingerprint density at radius 1 is 1.00 bits per heavy atom. The third-order valence-corrected chi connectivity index (χ3v) is 8.86. The molecular formula is C32H30FN3O6S2. The van der Waals surface area contributed by atoms with Crippen LogP contribution in [0.2, 0.25) is 0 Å². The second-order valence-corrected chi connectivity index (χ2v) is 11.8. The molecule has 4 aromatic rings. The van der Waals surface area contributed by atoms with Gasteiger partial charge in [-0.1, -0.05) is 48.2 Å². The van der Waals surface area contributed by atoms with Gasteiger partial charge in [0.1, 0.15) is 17.3 Å². The lowest BCUT2D eigenvalue weighted by Gasteiger charge is -2.23. The molecule has 9 nitrogen and oxygen atoms in total. The number of amides is 1. The van der Waals surface area contributed by atoms with Gasteiger partial charge in [-0.25, -0.2) is 4.39 Å². The quantitative estimate of drug-likeness (QED) is 0.0591. The normalized spacial score (nSPS) is 15.9. The van der Waals surface area contributed by atoms with Crippen LogP contribution in [0.25, 0.3) is 5.76 Å². The Kier molecular flexibility index (Phi) is 9.81. The number of aromatic nitrogens is 2. The lowest BCUT2D eigenvalue weighted by molar-refractivity contribution is -0.132. The van der Waals surface area contributed by atoms with Crippen LogP contribution in [0.5, 0.6) is 17.2 Å². The Morgan fingerprint density at radius 2 is 1.75 bits per heavy atom. The molecule has 1 aliphatic rings. The van der Waals surface area contributed by atoms with Crippen LogP contribution < -0.4 is 19.1 Å². The molecule has 12 heteroatoms. The Hall–Kier alpha value is -4.42. The number of carbonyl (C=O) groups is 2. The number of Topliss-reactive ketones (excluding diaryl/α,β-unsaturated/α-hetero) is 1. The van der Waals surface area contributed by atoms with Crippen LogP contribution in [0, 0.1) is 5.82 Å². The fraction of sp³-hybridized carbons (Fsp3) is 0.250. The minimum absolute atomic E-state index is 0.0967. The van der Waals surface area contributed by atoms with Crippen LogP contribution in [-0.4, -0.2) is 47.3 Å². The largest absolute Gasteiger partial charge is 0.507 e. The van der Waals surface area contributed by atoms with Gasteiger partial charge < -0.3 is 19.3 Å². The van der Waals surface area contributed by atoms with Crippen molar-refractivity contribution >= 4 is 45.7 Å². The standard InChI is InChI=1S/C32H30FN3O6S2/c1-4-16-42-24-15-10-21(17-25(24)41-5-2)27-26(28(37)20-8-13-23(40-3)14-9-20)29(38)30(39)36(27)31-34-35-32(44-31)43-18-19-6-11-22(33)12-7-19/h6-15,17,27,37H,4-5,16,18H2,1-3H3/b28-26+. The average molecular weight is 636 g/mol. The molecule has 0 aliphatic carbocycles. The second kappa shape index (κ2) is 13.9. The molecule has 1 N–H and O–H groups in total. The predicted molar refractivity (Wildman–Crippen MR) is 167 cm³/mol. The number of ether oxygens (including phenoxy) is 3. The third-order valence-electron chi connectivity index (χ3n) is 6.73. The number of benzene rings is 3. The van der Waals surface area contributed by atoms with Crippen molar-refractivity contribution in [2.45, 2.75) is 36.4 Å². The van der Waals surface area contributed by atoms with Gasteiger partial charge in [0, 0.05) is 11.3 Å². The van der Waals surface area contributed by atoms with E-state index in [1.54, 1.807) is 54.6 Å². The van der Waals surface area contributed by atoms with Gasteiger partial charge >= 0.3 is 5.91 Å². The molecule has 44 heavy (non-hydrogen) atoms. The molecule has 0 bridgehead atoms. The fourth-order valence-electron chi connectivity index (χ4n) is 4.63. The Labute approximate surface area is 262 Å². The Morgan fingerprint density at radius 3 is 2.43 bits per heavy atom. The summed E-state index contributed by atoms with van der Waals surface area (Å²) in [5.74, 6) is -0.309. The maximum atomic E-state index is 13.6. The molecule has 1 amide bonds. The Bertz CT molecular complexity index is 1670. The minimum atomic E-state index is -1.03. The van der Waals surface area contributed by atoms with Crippen molar-refractivity contribution in [2.75, 3.05) is 25.2 Å². The molecule has 1 aliphatic heterocycles. The zero-order valence-electron chi connectivity index (χ0n) is 24.3. The number of nitrogens with zero attached hydrogens (tertiary/aromatic N) is 3. The molecule has 0 radical (unpaired) electrons. The number of rotatable bonds is 12. The van der Waals surface area contributed by atoms with Crippen LogP contribution >= 0.6 is 23.1 Å². The van der Waals surface area contributed by atoms with E-state index in [-0.39, 0.29) is 22.3 Å². The van der Waals surface area contributed by atoms with Crippen LogP contribution in [0.15, 0.2) is 76.6 Å². The lowest BCUT2D eigenvalue weighted by Crippen LogP contribution is -2.29. The summed E-state index contributed by atoms with van der Waals surface area (Å²) >= 11 is 2.52. The van der Waals surface area contributed by atoms with Crippen molar-refractivity contribution in [2.24, 2.45) is 0 Å². The summed E-state index contributed by atoms with van der Waals surface area (Å²) < 4.78 is 30.8. The summed E-state index contributed by atoms with van der Waals surface area (Å²) in [4.78, 5) is 28.5. The molecule has 1 atom stereocenters. The van der Waals surface area contributed by atoms with Crippen molar-refractivity contribution in [3.05, 3.63) is 94.8 Å². The van der Waals surface area contributed by atoms with Crippen LogP contribution in [0.3, 0.4) is 0 Å². The number of methoxy groups -OCH3 is 1. The van der Waals surface area contributed by atoms with E-state index in [2.05, 4.69) is 10.2 Å². The lowest BCUT2D eigenvalue weighted by atomic mass is 9.95. The van der Waals surface area contributed by atoms with Crippen molar-refractivity contribution in [1.82, 2.24) is 10.2 Å². The number of aliphatic hydroxyl groups is 1. The number of hydrogen-bond acceptors (Lipinski definition) is 10. The van der Waals surface area contributed by atoms with Crippen LogP contribution in [0.1, 0.15) is 43.0 Å². The summed E-state index contributed by atoms with van der Waals surface area (Å²) in [5.41, 5.74) is 1.65. The van der Waals surface area contributed by atoms with Crippen molar-refractivity contribution in [3.63, 3.8) is 0 Å². The van der Waals surface area contributed by atoms with Crippen molar-refractivity contribution in [3.8, 4) is 17.2 Å². The average Bonchev–Trinajstić information content (AvgIpc) is 3.61. The molecule has 1 aromatic heterocycles. The van der Waals surface area contributed by atoms with Gasteiger partial charge in [0.15, 0.2) is 15.8 Å². The van der Waals surface area contributed by atoms with E-state index in [4.69, 9.17) is 14.2 Å². The van der Waals surface area contributed by atoms with Gasteiger partial charge in [-0.3, -0.25) is 14.5 Å². The predicted octanol–water partition coefficient (Wildman–Crippen LogP) is 6.79. The van der Waals surface area contributed by atoms with Crippen LogP contribution in [-0.2, 0) is 15.3 Å². The molecule has 0 spiro atoms. The van der Waals surface area contributed by atoms with Gasteiger partial charge in [0.2, 0.25) is 5.13 Å². The molecular weight excluding hydrogens is 605 g/mol. The molecule has 5 rings (SSSR count). The zero-order valence-corrected chi connectivity index (χ0v) is 25.9. The summed E-state index contributed by atoms with van der Waals surface area (Å²) in [6, 6.07) is 16.8. The number of thioether (sulfide) groups is 1. The van der Waals surface area contributed by atoms with E-state index in [1.165, 1.54) is 35.9 Å². The van der Waals surface area contributed by atoms with Crippen molar-refractivity contribution in [1.29, 1.82) is 0 Å². The maximum absolute atomic E-state index is 13.6. The number of aliphatic hydroxyl groups excluding tert-OH is 1. The highest BCUT2D eigenvalue weighted by Gasteiger charge is 2.48. The molecule has 228 valence electrons. The second-order valence-electron chi connectivity index (χ2n) is 9.65. The monoisotopic (exact) mass is 635 g/mol. The number of anilines is 1. The van der Waals surface area contributed by atoms with Gasteiger partial charge in [-0.15, -0.1) is 10.2 Å². The molecule has 1 saturated heterocycles. The van der Waals surface area contributed by atoms with E-state index < -0.39 is 17.7 Å². The number of carbonyl (C=O) groups excluding carboxylic acids is 2. The first-order valence-corrected chi connectivity index (χ1v) is 15.7. The third kappa shape index (κ3) is 6.56. The topological polar surface area (TPSA) is 111 Å². The van der Waals surface area contributed by atoms with E-state index in [0.29, 0.717) is 51.7 Å². The maximum Gasteiger partial charge on any atom is 0.301 e. The molecule has 1 fully saturated rings. The Balaban J connectivity index is 1.57. The van der Waals surface area contributed by atoms with E-state index in [9.17, 15) is 19.1 Å². The van der Waals surface area contributed by atoms with Gasteiger partial charge in [0.05, 0.1) is 31.9 Å². The SMILES string of the molecule is CCCOc1ccc(C2/C(=C(\O)c3ccc(OC)cc3)C(=O)C(=O)N2c2nnc(SCc3ccc(F)cc3)s2)cc1OCC. The van der Waals surface area contributed by atoms with Crippen LogP contribution in [0.4, 0.5) is 9.52 Å². The van der Waals surface area contributed by atoms with Gasteiger partial charge in [-0.05, 0) is 73.0 Å². The first kappa shape index (κ1) is 31.0. The molecule has 3 aromatic carbocycles. The summed E-state index contributed by atoms with van der Waals surface area (Å²) in [7, 11) is 1.53. The van der Waals surface area contributed by atoms with Gasteiger partial charge in [0.25, 0.3) is 5.78 Å². The van der Waals surface area contributed by atoms with E-state index >= 15 is 0 Å². The summed E-state index contributed by atoms with van der Waals surface area (Å²) in [6.07, 6.45) is 0.799. The highest BCUT2D eigenvalue weighted by molar-refractivity contribution is 8.00. The summed E-state index contributed by atoms with van der Waals surface area (Å²) in [5, 5.41) is 20.2. The smallest absolute Gasteiger partial charge is 0.301 e.